The first-order chi connectivity index (χ1) is 9.72. The Morgan fingerprint density at radius 2 is 2.20 bits per heavy atom. The number of hydrogen-bond acceptors (Lipinski definition) is 4. The van der Waals surface area contributed by atoms with Crippen LogP contribution in [-0.4, -0.2) is 40.1 Å². The van der Waals surface area contributed by atoms with Crippen molar-refractivity contribution in [2.75, 3.05) is 18.1 Å². The van der Waals surface area contributed by atoms with Crippen LogP contribution in [0.25, 0.3) is 0 Å². The number of aryl methyl sites for hydroxylation is 1. The Balaban J connectivity index is 2.05. The zero-order chi connectivity index (χ0) is 14.4. The average Bonchev–Trinajstić information content (AvgIpc) is 2.91. The third kappa shape index (κ3) is 4.01. The van der Waals surface area contributed by atoms with E-state index in [1.807, 2.05) is 23.6 Å². The summed E-state index contributed by atoms with van der Waals surface area (Å²) >= 11 is 1.88. The second-order valence-electron chi connectivity index (χ2n) is 5.31. The van der Waals surface area contributed by atoms with Crippen LogP contribution in [0.15, 0.2) is 10.6 Å². The van der Waals surface area contributed by atoms with Crippen molar-refractivity contribution in [2.24, 2.45) is 0 Å². The van der Waals surface area contributed by atoms with E-state index in [4.69, 9.17) is 4.52 Å². The molecule has 0 saturated heterocycles. The first-order valence-electron chi connectivity index (χ1n) is 7.54. The second-order valence-corrected chi connectivity index (χ2v) is 6.70. The molecule has 2 rings (SSSR count). The summed E-state index contributed by atoms with van der Waals surface area (Å²) in [5, 5.41) is 3.89. The third-order valence-corrected chi connectivity index (χ3v) is 4.68. The first-order valence-corrected chi connectivity index (χ1v) is 8.70. The highest BCUT2D eigenvalue weighted by molar-refractivity contribution is 7.99. The maximum Gasteiger partial charge on any atom is 0.276 e. The van der Waals surface area contributed by atoms with E-state index in [1.165, 1.54) is 19.3 Å². The molecular formula is C15H24N2O2S. The monoisotopic (exact) mass is 296 g/mol. The van der Waals surface area contributed by atoms with Gasteiger partial charge in [-0.05, 0) is 25.5 Å². The highest BCUT2D eigenvalue weighted by Crippen LogP contribution is 2.24. The SMILES string of the molecule is CCSCCN(C(=O)c1cc(C)on1)C1CCCCC1. The lowest BCUT2D eigenvalue weighted by molar-refractivity contribution is 0.0640. The molecule has 1 aromatic rings. The van der Waals surface area contributed by atoms with E-state index in [2.05, 4.69) is 12.1 Å². The van der Waals surface area contributed by atoms with Crippen molar-refractivity contribution in [3.63, 3.8) is 0 Å². The van der Waals surface area contributed by atoms with E-state index < -0.39 is 0 Å². The molecule has 20 heavy (non-hydrogen) atoms. The fourth-order valence-electron chi connectivity index (χ4n) is 2.76. The number of amides is 1. The lowest BCUT2D eigenvalue weighted by Crippen LogP contribution is -2.43. The lowest BCUT2D eigenvalue weighted by Gasteiger charge is -2.33. The summed E-state index contributed by atoms with van der Waals surface area (Å²) in [4.78, 5) is 14.7. The zero-order valence-electron chi connectivity index (χ0n) is 12.4. The summed E-state index contributed by atoms with van der Waals surface area (Å²) < 4.78 is 5.05. The van der Waals surface area contributed by atoms with Crippen LogP contribution < -0.4 is 0 Å². The van der Waals surface area contributed by atoms with Gasteiger partial charge in [-0.2, -0.15) is 11.8 Å². The van der Waals surface area contributed by atoms with Crippen molar-refractivity contribution >= 4 is 17.7 Å². The molecule has 1 fully saturated rings. The van der Waals surface area contributed by atoms with E-state index in [1.54, 1.807) is 6.07 Å². The van der Waals surface area contributed by atoms with E-state index >= 15 is 0 Å². The number of thioether (sulfide) groups is 1. The van der Waals surface area contributed by atoms with Crippen molar-refractivity contribution in [3.05, 3.63) is 17.5 Å². The van der Waals surface area contributed by atoms with Crippen LogP contribution in [-0.2, 0) is 0 Å². The standard InChI is InChI=1S/C15H24N2O2S/c1-3-20-10-9-17(13-7-5-4-6-8-13)15(18)14-11-12(2)19-16-14/h11,13H,3-10H2,1-2H3. The predicted molar refractivity (Wildman–Crippen MR) is 82.1 cm³/mol. The minimum atomic E-state index is 0.0328. The Hall–Kier alpha value is -0.970. The van der Waals surface area contributed by atoms with Crippen molar-refractivity contribution in [2.45, 2.75) is 52.0 Å². The normalized spacial score (nSPS) is 16.3. The molecule has 4 nitrogen and oxygen atoms in total. The molecule has 0 spiro atoms. The summed E-state index contributed by atoms with van der Waals surface area (Å²) in [5.74, 6) is 2.82. The molecule has 0 aliphatic heterocycles. The molecule has 1 aromatic heterocycles. The molecule has 1 aliphatic rings. The molecule has 0 unspecified atom stereocenters. The Morgan fingerprint density at radius 1 is 1.45 bits per heavy atom. The molecule has 0 radical (unpaired) electrons. The van der Waals surface area contributed by atoms with Gasteiger partial charge < -0.3 is 9.42 Å². The Labute approximate surface area is 125 Å². The topological polar surface area (TPSA) is 46.3 Å². The van der Waals surface area contributed by atoms with Gasteiger partial charge in [0.1, 0.15) is 5.76 Å². The molecule has 0 atom stereocenters. The average molecular weight is 296 g/mol. The number of carbonyl (C=O) groups excluding carboxylic acids is 1. The van der Waals surface area contributed by atoms with Crippen LogP contribution in [0.4, 0.5) is 0 Å². The number of nitrogens with zero attached hydrogens (tertiary/aromatic N) is 2. The molecule has 0 N–H and O–H groups in total. The second kappa shape index (κ2) is 7.72. The van der Waals surface area contributed by atoms with Gasteiger partial charge >= 0.3 is 0 Å². The highest BCUT2D eigenvalue weighted by Gasteiger charge is 2.27. The molecule has 1 aliphatic carbocycles. The third-order valence-electron chi connectivity index (χ3n) is 3.80. The largest absolute Gasteiger partial charge is 0.361 e. The first kappa shape index (κ1) is 15.4. The minimum absolute atomic E-state index is 0.0328. The Morgan fingerprint density at radius 3 is 2.80 bits per heavy atom. The van der Waals surface area contributed by atoms with Crippen LogP contribution in [0.1, 0.15) is 55.3 Å². The number of carbonyl (C=O) groups is 1. The molecule has 112 valence electrons. The van der Waals surface area contributed by atoms with Crippen molar-refractivity contribution < 1.29 is 9.32 Å². The van der Waals surface area contributed by atoms with E-state index in [0.29, 0.717) is 17.5 Å². The molecule has 1 heterocycles. The number of hydrogen-bond donors (Lipinski definition) is 0. The van der Waals surface area contributed by atoms with Crippen LogP contribution in [0.5, 0.6) is 0 Å². The van der Waals surface area contributed by atoms with Crippen LogP contribution in [0.2, 0.25) is 0 Å². The summed E-state index contributed by atoms with van der Waals surface area (Å²) in [6.45, 7) is 4.79. The summed E-state index contributed by atoms with van der Waals surface area (Å²) in [6.07, 6.45) is 6.00. The molecular weight excluding hydrogens is 272 g/mol. The minimum Gasteiger partial charge on any atom is -0.361 e. The van der Waals surface area contributed by atoms with Gasteiger partial charge in [0.2, 0.25) is 0 Å². The van der Waals surface area contributed by atoms with Crippen LogP contribution >= 0.6 is 11.8 Å². The molecule has 0 aromatic carbocycles. The molecule has 5 heteroatoms. The summed E-state index contributed by atoms with van der Waals surface area (Å²) in [5.41, 5.74) is 0.453. The lowest BCUT2D eigenvalue weighted by atomic mass is 9.94. The summed E-state index contributed by atoms with van der Waals surface area (Å²) in [6, 6.07) is 2.12. The van der Waals surface area contributed by atoms with Crippen molar-refractivity contribution in [3.8, 4) is 0 Å². The van der Waals surface area contributed by atoms with Gasteiger partial charge in [0.15, 0.2) is 5.69 Å². The van der Waals surface area contributed by atoms with Crippen molar-refractivity contribution in [1.29, 1.82) is 0 Å². The predicted octanol–water partition coefficient (Wildman–Crippen LogP) is 3.51. The van der Waals surface area contributed by atoms with Gasteiger partial charge in [-0.1, -0.05) is 31.3 Å². The molecule has 1 amide bonds. The highest BCUT2D eigenvalue weighted by atomic mass is 32.2. The van der Waals surface area contributed by atoms with Gasteiger partial charge in [-0.25, -0.2) is 0 Å². The Bertz CT molecular complexity index is 427. The maximum absolute atomic E-state index is 12.6. The van der Waals surface area contributed by atoms with Crippen LogP contribution in [0.3, 0.4) is 0 Å². The van der Waals surface area contributed by atoms with Crippen molar-refractivity contribution in [1.82, 2.24) is 10.1 Å². The quantitative estimate of drug-likeness (QED) is 0.754. The fourth-order valence-corrected chi connectivity index (χ4v) is 3.38. The van der Waals surface area contributed by atoms with E-state index in [0.717, 1.165) is 30.9 Å². The van der Waals surface area contributed by atoms with Gasteiger partial charge in [0.25, 0.3) is 5.91 Å². The van der Waals surface area contributed by atoms with Gasteiger partial charge in [-0.3, -0.25) is 4.79 Å². The molecule has 0 bridgehead atoms. The molecule has 1 saturated carbocycles. The van der Waals surface area contributed by atoms with Gasteiger partial charge in [-0.15, -0.1) is 0 Å². The van der Waals surface area contributed by atoms with E-state index in [-0.39, 0.29) is 5.91 Å². The summed E-state index contributed by atoms with van der Waals surface area (Å²) in [7, 11) is 0. The van der Waals surface area contributed by atoms with Crippen LogP contribution in [0, 0.1) is 6.92 Å². The van der Waals surface area contributed by atoms with E-state index in [9.17, 15) is 4.79 Å². The Kier molecular flexibility index (Phi) is 5.95. The van der Waals surface area contributed by atoms with Gasteiger partial charge in [0, 0.05) is 24.4 Å². The van der Waals surface area contributed by atoms with Gasteiger partial charge in [0.05, 0.1) is 0 Å². The smallest absolute Gasteiger partial charge is 0.276 e. The zero-order valence-corrected chi connectivity index (χ0v) is 13.2. The fraction of sp³-hybridized carbons (Fsp3) is 0.733. The maximum atomic E-state index is 12.6. The number of aromatic nitrogens is 1. The number of rotatable bonds is 6.